The number of ether oxygens (including phenoxy) is 1. The molecule has 0 saturated heterocycles. The topological polar surface area (TPSA) is 58.6 Å². The van der Waals surface area contributed by atoms with Gasteiger partial charge in [-0.2, -0.15) is 0 Å². The Labute approximate surface area is 138 Å². The smallest absolute Gasteiger partial charge is 0.231 e. The quantitative estimate of drug-likeness (QED) is 0.898. The zero-order valence-electron chi connectivity index (χ0n) is 14.3. The van der Waals surface area contributed by atoms with E-state index in [0.29, 0.717) is 0 Å². The predicted octanol–water partition coefficient (Wildman–Crippen LogP) is 2.78. The highest BCUT2D eigenvalue weighted by Crippen LogP contribution is 2.64. The molecule has 1 aromatic rings. The van der Waals surface area contributed by atoms with Crippen molar-refractivity contribution in [3.8, 4) is 5.75 Å². The number of nitrogens with one attached hydrogen (secondary N) is 1. The van der Waals surface area contributed by atoms with Crippen molar-refractivity contribution in [2.45, 2.75) is 63.5 Å². The van der Waals surface area contributed by atoms with Gasteiger partial charge in [-0.3, -0.25) is 4.79 Å². The van der Waals surface area contributed by atoms with Crippen LogP contribution in [0.3, 0.4) is 0 Å². The van der Waals surface area contributed by atoms with Crippen LogP contribution in [-0.2, 0) is 10.2 Å². The Hall–Kier alpha value is -1.55. The number of aliphatic hydroxyl groups is 1. The maximum Gasteiger partial charge on any atom is 0.231 e. The number of rotatable bonds is 4. The molecule has 3 rings (SSSR count). The first-order chi connectivity index (χ1) is 10.9. The normalized spacial score (nSPS) is 32.2. The van der Waals surface area contributed by atoms with Gasteiger partial charge in [0.2, 0.25) is 5.91 Å². The summed E-state index contributed by atoms with van der Waals surface area (Å²) in [5.74, 6) is 0.943. The molecule has 1 atom stereocenters. The highest BCUT2D eigenvalue weighted by Gasteiger charge is 2.67. The van der Waals surface area contributed by atoms with Crippen LogP contribution in [0.2, 0.25) is 0 Å². The van der Waals surface area contributed by atoms with E-state index < -0.39 is 5.41 Å². The van der Waals surface area contributed by atoms with Gasteiger partial charge in [-0.25, -0.2) is 0 Å². The number of hydrogen-bond acceptors (Lipinski definition) is 3. The van der Waals surface area contributed by atoms with Crippen molar-refractivity contribution in [1.29, 1.82) is 0 Å². The predicted molar refractivity (Wildman–Crippen MR) is 89.5 cm³/mol. The fourth-order valence-electron chi connectivity index (χ4n) is 4.03. The lowest BCUT2D eigenvalue weighted by molar-refractivity contribution is -0.125. The van der Waals surface area contributed by atoms with E-state index in [4.69, 9.17) is 4.74 Å². The first kappa shape index (κ1) is 16.3. The summed E-state index contributed by atoms with van der Waals surface area (Å²) in [6.45, 7) is 4.31. The number of benzene rings is 1. The second-order valence-electron chi connectivity index (χ2n) is 7.67. The average molecular weight is 317 g/mol. The van der Waals surface area contributed by atoms with E-state index in [2.05, 4.69) is 19.2 Å². The van der Waals surface area contributed by atoms with E-state index in [0.717, 1.165) is 43.4 Å². The van der Waals surface area contributed by atoms with Crippen molar-refractivity contribution in [2.24, 2.45) is 5.41 Å². The van der Waals surface area contributed by atoms with Gasteiger partial charge < -0.3 is 15.2 Å². The van der Waals surface area contributed by atoms with Crippen LogP contribution in [-0.4, -0.2) is 30.3 Å². The van der Waals surface area contributed by atoms with E-state index in [1.54, 1.807) is 7.11 Å². The molecule has 4 nitrogen and oxygen atoms in total. The minimum Gasteiger partial charge on any atom is -0.497 e. The van der Waals surface area contributed by atoms with Gasteiger partial charge in [0.25, 0.3) is 0 Å². The lowest BCUT2D eigenvalue weighted by Crippen LogP contribution is -2.45. The van der Waals surface area contributed by atoms with E-state index in [1.807, 2.05) is 24.3 Å². The summed E-state index contributed by atoms with van der Waals surface area (Å²) in [6, 6.07) is 8.07. The second-order valence-corrected chi connectivity index (χ2v) is 7.67. The highest BCUT2D eigenvalue weighted by molar-refractivity contribution is 5.93. The Morgan fingerprint density at radius 2 is 1.74 bits per heavy atom. The zero-order valence-corrected chi connectivity index (χ0v) is 14.3. The molecule has 2 aliphatic rings. The minimum absolute atomic E-state index is 0.0279. The fourth-order valence-corrected chi connectivity index (χ4v) is 4.03. The van der Waals surface area contributed by atoms with Gasteiger partial charge in [-0.1, -0.05) is 26.0 Å². The lowest BCUT2D eigenvalue weighted by atomic mass is 9.85. The summed E-state index contributed by atoms with van der Waals surface area (Å²) >= 11 is 0. The molecule has 1 aromatic carbocycles. The summed E-state index contributed by atoms with van der Waals surface area (Å²) in [7, 11) is 1.65. The SMILES string of the molecule is COc1ccc(C2(C(=O)NC3CCC(O)CC3)CC2(C)C)cc1. The molecule has 2 aliphatic carbocycles. The van der Waals surface area contributed by atoms with Crippen LogP contribution in [0.25, 0.3) is 0 Å². The van der Waals surface area contributed by atoms with E-state index in [9.17, 15) is 9.90 Å². The van der Waals surface area contributed by atoms with Crippen molar-refractivity contribution < 1.29 is 14.6 Å². The lowest BCUT2D eigenvalue weighted by Gasteiger charge is -2.29. The van der Waals surface area contributed by atoms with Crippen LogP contribution >= 0.6 is 0 Å². The molecule has 1 amide bonds. The standard InChI is InChI=1S/C19H27NO3/c1-18(2)12-19(18,13-4-10-16(23-3)11-5-13)17(22)20-14-6-8-15(21)9-7-14/h4-5,10-11,14-15,21H,6-9,12H2,1-3H3,(H,20,22). The van der Waals surface area contributed by atoms with Gasteiger partial charge in [0.1, 0.15) is 5.75 Å². The molecule has 0 bridgehead atoms. The Kier molecular flexibility index (Phi) is 4.13. The van der Waals surface area contributed by atoms with Crippen molar-refractivity contribution >= 4 is 5.91 Å². The Balaban J connectivity index is 1.77. The molecule has 0 spiro atoms. The van der Waals surface area contributed by atoms with Crippen molar-refractivity contribution in [1.82, 2.24) is 5.32 Å². The van der Waals surface area contributed by atoms with Crippen LogP contribution in [0, 0.1) is 5.41 Å². The maximum absolute atomic E-state index is 13.0. The second kappa shape index (κ2) is 5.82. The van der Waals surface area contributed by atoms with E-state index in [-0.39, 0.29) is 23.5 Å². The van der Waals surface area contributed by atoms with Gasteiger partial charge >= 0.3 is 0 Å². The number of amides is 1. The number of carbonyl (C=O) groups is 1. The third-order valence-electron chi connectivity index (χ3n) is 5.74. The third-order valence-corrected chi connectivity index (χ3v) is 5.74. The molecule has 0 radical (unpaired) electrons. The Morgan fingerprint density at radius 3 is 2.22 bits per heavy atom. The molecular weight excluding hydrogens is 290 g/mol. The Morgan fingerprint density at radius 1 is 1.17 bits per heavy atom. The molecule has 0 heterocycles. The van der Waals surface area contributed by atoms with Crippen LogP contribution in [0.5, 0.6) is 5.75 Å². The zero-order chi connectivity index (χ0) is 16.7. The minimum atomic E-state index is -0.435. The average Bonchev–Trinajstić information content (AvgIpc) is 3.14. The van der Waals surface area contributed by atoms with Crippen LogP contribution in [0.1, 0.15) is 51.5 Å². The van der Waals surface area contributed by atoms with Crippen LogP contribution in [0.4, 0.5) is 0 Å². The van der Waals surface area contributed by atoms with Crippen molar-refractivity contribution in [3.05, 3.63) is 29.8 Å². The fraction of sp³-hybridized carbons (Fsp3) is 0.632. The van der Waals surface area contributed by atoms with Crippen molar-refractivity contribution in [3.63, 3.8) is 0 Å². The number of aliphatic hydroxyl groups excluding tert-OH is 1. The van der Waals surface area contributed by atoms with Gasteiger partial charge in [0.05, 0.1) is 18.6 Å². The van der Waals surface area contributed by atoms with Crippen LogP contribution in [0.15, 0.2) is 24.3 Å². The molecule has 4 heteroatoms. The molecule has 1 unspecified atom stereocenters. The van der Waals surface area contributed by atoms with Crippen LogP contribution < -0.4 is 10.1 Å². The molecule has 23 heavy (non-hydrogen) atoms. The summed E-state index contributed by atoms with van der Waals surface area (Å²) in [5, 5.41) is 12.9. The highest BCUT2D eigenvalue weighted by atomic mass is 16.5. The molecule has 126 valence electrons. The summed E-state index contributed by atoms with van der Waals surface area (Å²) in [6.07, 6.45) is 3.97. The molecular formula is C19H27NO3. The van der Waals surface area contributed by atoms with Crippen molar-refractivity contribution in [2.75, 3.05) is 7.11 Å². The molecule has 2 saturated carbocycles. The number of methoxy groups -OCH3 is 1. The molecule has 0 aliphatic heterocycles. The molecule has 0 aromatic heterocycles. The van der Waals surface area contributed by atoms with Gasteiger partial charge in [-0.15, -0.1) is 0 Å². The summed E-state index contributed by atoms with van der Waals surface area (Å²) in [5.41, 5.74) is 0.603. The number of carbonyl (C=O) groups excluding carboxylic acids is 1. The Bertz CT molecular complexity index is 573. The van der Waals surface area contributed by atoms with Gasteiger partial charge in [-0.05, 0) is 55.2 Å². The first-order valence-corrected chi connectivity index (χ1v) is 8.52. The summed E-state index contributed by atoms with van der Waals surface area (Å²) < 4.78 is 5.22. The third kappa shape index (κ3) is 2.85. The summed E-state index contributed by atoms with van der Waals surface area (Å²) in [4.78, 5) is 13.0. The first-order valence-electron chi connectivity index (χ1n) is 8.52. The molecule has 2 fully saturated rings. The van der Waals surface area contributed by atoms with E-state index in [1.165, 1.54) is 0 Å². The van der Waals surface area contributed by atoms with Gasteiger partial charge in [0.15, 0.2) is 0 Å². The van der Waals surface area contributed by atoms with Gasteiger partial charge in [0, 0.05) is 6.04 Å². The monoisotopic (exact) mass is 317 g/mol. The maximum atomic E-state index is 13.0. The largest absolute Gasteiger partial charge is 0.497 e. The number of hydrogen-bond donors (Lipinski definition) is 2. The molecule has 2 N–H and O–H groups in total. The van der Waals surface area contributed by atoms with E-state index >= 15 is 0 Å².